The Bertz CT molecular complexity index is 1500. The highest BCUT2D eigenvalue weighted by molar-refractivity contribution is 6.00. The molecule has 1 atom stereocenters. The quantitative estimate of drug-likeness (QED) is 0.246. The Hall–Kier alpha value is -4.30. The number of hydrogen-bond acceptors (Lipinski definition) is 6. The molecule has 1 aliphatic heterocycles. The summed E-state index contributed by atoms with van der Waals surface area (Å²) in [6.45, 7) is 3.49. The van der Waals surface area contributed by atoms with Gasteiger partial charge in [-0.05, 0) is 47.7 Å². The zero-order valence-corrected chi connectivity index (χ0v) is 24.8. The van der Waals surface area contributed by atoms with Gasteiger partial charge in [0.05, 0.1) is 12.2 Å². The summed E-state index contributed by atoms with van der Waals surface area (Å²) in [5, 5.41) is 13.9. The average molecular weight is 590 g/mol. The van der Waals surface area contributed by atoms with Gasteiger partial charge in [0.2, 0.25) is 5.91 Å². The molecule has 4 aromatic rings. The monoisotopic (exact) mass is 589 g/mol. The molecule has 1 unspecified atom stereocenters. The van der Waals surface area contributed by atoms with E-state index in [4.69, 9.17) is 9.47 Å². The number of piperidine rings is 1. The molecule has 3 aromatic carbocycles. The lowest BCUT2D eigenvalue weighted by molar-refractivity contribution is -0.118. The molecule has 1 amide bonds. The minimum Gasteiger partial charge on any atom is -0.489 e. The molecule has 44 heavy (non-hydrogen) atoms. The van der Waals surface area contributed by atoms with Gasteiger partial charge in [0, 0.05) is 61.7 Å². The summed E-state index contributed by atoms with van der Waals surface area (Å²) in [5.41, 5.74) is 5.50. The zero-order valence-electron chi connectivity index (χ0n) is 24.8. The van der Waals surface area contributed by atoms with E-state index in [9.17, 15) is 9.90 Å². The number of carbonyl (C=O) groups is 1. The molecule has 1 saturated heterocycles. The molecule has 1 fully saturated rings. The van der Waals surface area contributed by atoms with Gasteiger partial charge in [0.1, 0.15) is 18.5 Å². The lowest BCUT2D eigenvalue weighted by atomic mass is 9.89. The van der Waals surface area contributed by atoms with Crippen LogP contribution in [0, 0.1) is 0 Å². The lowest BCUT2D eigenvalue weighted by Crippen LogP contribution is -2.42. The number of rotatable bonds is 11. The number of aliphatic hydroxyl groups is 1. The van der Waals surface area contributed by atoms with Crippen molar-refractivity contribution < 1.29 is 19.4 Å². The zero-order chi connectivity index (χ0) is 30.1. The van der Waals surface area contributed by atoms with Crippen molar-refractivity contribution in [1.82, 2.24) is 15.2 Å². The van der Waals surface area contributed by atoms with E-state index < -0.39 is 6.10 Å². The van der Waals surface area contributed by atoms with Crippen LogP contribution in [0.1, 0.15) is 46.8 Å². The fourth-order valence-electron chi connectivity index (χ4n) is 6.00. The van der Waals surface area contributed by atoms with E-state index in [-0.39, 0.29) is 18.1 Å². The largest absolute Gasteiger partial charge is 0.489 e. The molecule has 1 aliphatic carbocycles. The fraction of sp³-hybridized carbons (Fsp3) is 0.297. The number of aromatic nitrogens is 1. The van der Waals surface area contributed by atoms with E-state index in [0.717, 1.165) is 49.2 Å². The second-order valence-corrected chi connectivity index (χ2v) is 11.4. The molecule has 7 heteroatoms. The van der Waals surface area contributed by atoms with Crippen LogP contribution < -0.4 is 10.1 Å². The molecule has 2 aliphatic rings. The minimum atomic E-state index is -0.888. The van der Waals surface area contributed by atoms with Crippen molar-refractivity contribution in [2.24, 2.45) is 0 Å². The molecule has 7 nitrogen and oxygen atoms in total. The summed E-state index contributed by atoms with van der Waals surface area (Å²) < 4.78 is 12.7. The van der Waals surface area contributed by atoms with E-state index in [1.807, 2.05) is 42.5 Å². The van der Waals surface area contributed by atoms with Gasteiger partial charge in [-0.1, -0.05) is 78.9 Å². The number of likely N-dealkylation sites (tertiary alicyclic amines) is 1. The first-order chi connectivity index (χ1) is 21.6. The van der Waals surface area contributed by atoms with E-state index in [2.05, 4.69) is 63.7 Å². The first-order valence-electron chi connectivity index (χ1n) is 15.4. The van der Waals surface area contributed by atoms with Gasteiger partial charge in [-0.2, -0.15) is 0 Å². The molecule has 0 spiro atoms. The maximum atomic E-state index is 13.1. The summed E-state index contributed by atoms with van der Waals surface area (Å²) in [6, 6.07) is 30.4. The number of carbonyl (C=O) groups excluding carboxylic acids is 1. The third-order valence-corrected chi connectivity index (χ3v) is 8.40. The van der Waals surface area contributed by atoms with Crippen LogP contribution in [-0.2, 0) is 22.6 Å². The SMILES string of the molecule is O=C(NCCN1CCC(OC(c2ccccc2)c2ccccc2)CC1)C1=Cc2cccc(OCc3cccnc3)c2CC1O. The van der Waals surface area contributed by atoms with Crippen LogP contribution >= 0.6 is 0 Å². The second kappa shape index (κ2) is 14.4. The second-order valence-electron chi connectivity index (χ2n) is 11.4. The molecule has 0 saturated carbocycles. The summed E-state index contributed by atoms with van der Waals surface area (Å²) in [6.07, 6.45) is 6.70. The standard InChI is InChI=1S/C37H39N3O4/c41-34-24-32-30(14-7-15-35(32)43-26-27-9-8-18-38-25-27)23-33(34)37(42)39-19-22-40-20-16-31(17-21-40)44-36(28-10-3-1-4-11-28)29-12-5-2-6-13-29/h1-15,18,23,25,31,34,36,41H,16-17,19-22,24,26H2,(H,39,42). The number of hydrogen-bond donors (Lipinski definition) is 2. The summed E-state index contributed by atoms with van der Waals surface area (Å²) in [4.78, 5) is 19.6. The first-order valence-corrected chi connectivity index (χ1v) is 15.4. The minimum absolute atomic E-state index is 0.0858. The highest BCUT2D eigenvalue weighted by atomic mass is 16.5. The van der Waals surface area contributed by atoms with Crippen molar-refractivity contribution in [2.45, 2.75) is 44.2 Å². The predicted octanol–water partition coefficient (Wildman–Crippen LogP) is 5.35. The van der Waals surface area contributed by atoms with Gasteiger partial charge in [0.25, 0.3) is 0 Å². The smallest absolute Gasteiger partial charge is 0.249 e. The van der Waals surface area contributed by atoms with Crippen LogP contribution in [0.3, 0.4) is 0 Å². The van der Waals surface area contributed by atoms with Gasteiger partial charge in [-0.3, -0.25) is 9.78 Å². The molecule has 2 N–H and O–H groups in total. The van der Waals surface area contributed by atoms with Crippen molar-refractivity contribution in [3.63, 3.8) is 0 Å². The number of fused-ring (bicyclic) bond motifs is 1. The van der Waals surface area contributed by atoms with Crippen molar-refractivity contribution >= 4 is 12.0 Å². The van der Waals surface area contributed by atoms with E-state index in [1.54, 1.807) is 18.5 Å². The molecule has 2 heterocycles. The van der Waals surface area contributed by atoms with Gasteiger partial charge in [-0.25, -0.2) is 0 Å². The Morgan fingerprint density at radius 1 is 0.932 bits per heavy atom. The maximum absolute atomic E-state index is 13.1. The number of aliphatic hydroxyl groups excluding tert-OH is 1. The summed E-state index contributed by atoms with van der Waals surface area (Å²) in [5.74, 6) is 0.490. The molecular formula is C37H39N3O4. The first kappa shape index (κ1) is 29.8. The van der Waals surface area contributed by atoms with Crippen molar-refractivity contribution in [1.29, 1.82) is 0 Å². The highest BCUT2D eigenvalue weighted by Crippen LogP contribution is 2.32. The van der Waals surface area contributed by atoms with Gasteiger partial charge >= 0.3 is 0 Å². The Morgan fingerprint density at radius 3 is 2.34 bits per heavy atom. The molecule has 1 aromatic heterocycles. The van der Waals surface area contributed by atoms with Gasteiger partial charge < -0.3 is 24.8 Å². The van der Waals surface area contributed by atoms with Crippen LogP contribution in [0.5, 0.6) is 5.75 Å². The van der Waals surface area contributed by atoms with Gasteiger partial charge in [0.15, 0.2) is 0 Å². The van der Waals surface area contributed by atoms with E-state index in [1.165, 1.54) is 11.1 Å². The van der Waals surface area contributed by atoms with Crippen LogP contribution in [0.2, 0.25) is 0 Å². The third kappa shape index (κ3) is 7.42. The Labute approximate surface area is 259 Å². The number of nitrogens with one attached hydrogen (secondary N) is 1. The van der Waals surface area contributed by atoms with E-state index >= 15 is 0 Å². The van der Waals surface area contributed by atoms with Crippen molar-refractivity contribution in [3.8, 4) is 5.75 Å². The Balaban J connectivity index is 0.989. The van der Waals surface area contributed by atoms with Crippen molar-refractivity contribution in [2.75, 3.05) is 26.2 Å². The molecular weight excluding hydrogens is 550 g/mol. The van der Waals surface area contributed by atoms with Crippen LogP contribution in [0.25, 0.3) is 6.08 Å². The molecule has 0 bridgehead atoms. The van der Waals surface area contributed by atoms with E-state index in [0.29, 0.717) is 30.9 Å². The molecule has 0 radical (unpaired) electrons. The van der Waals surface area contributed by atoms with Crippen molar-refractivity contribution in [3.05, 3.63) is 137 Å². The van der Waals surface area contributed by atoms with Crippen LogP contribution in [0.15, 0.2) is 109 Å². The topological polar surface area (TPSA) is 83.9 Å². The lowest BCUT2D eigenvalue weighted by Gasteiger charge is -2.34. The predicted molar refractivity (Wildman–Crippen MR) is 171 cm³/mol. The van der Waals surface area contributed by atoms with Gasteiger partial charge in [-0.15, -0.1) is 0 Å². The highest BCUT2D eigenvalue weighted by Gasteiger charge is 2.28. The molecule has 226 valence electrons. The third-order valence-electron chi connectivity index (χ3n) is 8.40. The number of nitrogens with zero attached hydrogens (tertiary/aromatic N) is 2. The molecule has 6 rings (SSSR count). The number of benzene rings is 3. The normalized spacial score (nSPS) is 17.1. The van der Waals surface area contributed by atoms with Crippen LogP contribution in [-0.4, -0.2) is 59.3 Å². The Morgan fingerprint density at radius 2 is 1.66 bits per heavy atom. The number of ether oxygens (including phenoxy) is 2. The summed E-state index contributed by atoms with van der Waals surface area (Å²) >= 11 is 0. The number of pyridine rings is 1. The Kier molecular flexibility index (Phi) is 9.77. The van der Waals surface area contributed by atoms with Crippen LogP contribution in [0.4, 0.5) is 0 Å². The fourth-order valence-corrected chi connectivity index (χ4v) is 6.00. The number of amides is 1. The summed E-state index contributed by atoms with van der Waals surface area (Å²) in [7, 11) is 0. The average Bonchev–Trinajstić information content (AvgIpc) is 3.08. The maximum Gasteiger partial charge on any atom is 0.249 e.